The van der Waals surface area contributed by atoms with Crippen molar-refractivity contribution in [3.63, 3.8) is 0 Å². The summed E-state index contributed by atoms with van der Waals surface area (Å²) in [6, 6.07) is 19.9. The van der Waals surface area contributed by atoms with Crippen molar-refractivity contribution in [2.75, 3.05) is 0 Å². The minimum atomic E-state index is 0.450. The topological polar surface area (TPSA) is 12.0 Å². The van der Waals surface area contributed by atoms with Crippen LogP contribution in [0.4, 0.5) is 0 Å². The molecule has 0 aliphatic carbocycles. The van der Waals surface area contributed by atoms with Crippen molar-refractivity contribution in [1.29, 1.82) is 0 Å². The van der Waals surface area contributed by atoms with Gasteiger partial charge in [0, 0.05) is 6.04 Å². The van der Waals surface area contributed by atoms with Gasteiger partial charge in [0.15, 0.2) is 0 Å². The lowest BCUT2D eigenvalue weighted by molar-refractivity contribution is 0.339. The third-order valence-corrected chi connectivity index (χ3v) is 3.94. The van der Waals surface area contributed by atoms with Gasteiger partial charge in [0.2, 0.25) is 0 Å². The van der Waals surface area contributed by atoms with Gasteiger partial charge in [0.05, 0.1) is 0 Å². The molecule has 0 aliphatic heterocycles. The molecule has 0 heterocycles. The van der Waals surface area contributed by atoms with E-state index in [2.05, 4.69) is 73.8 Å². The molecule has 2 aromatic carbocycles. The first-order chi connectivity index (χ1) is 9.35. The third kappa shape index (κ3) is 3.74. The molecular formula is C18H24N-. The van der Waals surface area contributed by atoms with E-state index in [9.17, 15) is 0 Å². The third-order valence-electron chi connectivity index (χ3n) is 3.94. The summed E-state index contributed by atoms with van der Waals surface area (Å²) in [7, 11) is 0. The zero-order valence-electron chi connectivity index (χ0n) is 12.0. The normalized spacial score (nSPS) is 12.8. The van der Waals surface area contributed by atoms with Crippen LogP contribution >= 0.6 is 0 Å². The fourth-order valence-corrected chi connectivity index (χ4v) is 2.74. The highest BCUT2D eigenvalue weighted by Gasteiger charge is 2.18. The lowest BCUT2D eigenvalue weighted by Crippen LogP contribution is -2.27. The lowest BCUT2D eigenvalue weighted by atomic mass is 9.88. The van der Waals surface area contributed by atoms with Crippen LogP contribution in [-0.2, 0) is 6.54 Å². The lowest BCUT2D eigenvalue weighted by Gasteiger charge is -2.28. The Balaban J connectivity index is 2.10. The van der Waals surface area contributed by atoms with Gasteiger partial charge in [-0.15, -0.1) is 5.56 Å². The maximum absolute atomic E-state index is 3.74. The molecular weight excluding hydrogens is 230 g/mol. The minimum Gasteiger partial charge on any atom is -0.317 e. The Morgan fingerprint density at radius 2 is 1.58 bits per heavy atom. The molecule has 1 heteroatoms. The van der Waals surface area contributed by atoms with E-state index in [1.54, 1.807) is 0 Å². The minimum absolute atomic E-state index is 0.450. The van der Waals surface area contributed by atoms with Gasteiger partial charge < -0.3 is 5.32 Å². The van der Waals surface area contributed by atoms with Crippen LogP contribution in [0.25, 0.3) is 0 Å². The van der Waals surface area contributed by atoms with E-state index in [0.717, 1.165) is 6.54 Å². The molecule has 0 amide bonds. The molecule has 1 unspecified atom stereocenters. The zero-order valence-corrected chi connectivity index (χ0v) is 12.0. The summed E-state index contributed by atoms with van der Waals surface area (Å²) in [5, 5.41) is 3.74. The zero-order chi connectivity index (χ0) is 13.5. The Hall–Kier alpha value is -1.47. The van der Waals surface area contributed by atoms with Crippen LogP contribution < -0.4 is 5.32 Å². The standard InChI is InChI=1S/C18H24N/c1-3-16(4-2)18(17-12-6-5-7-13-17)19-14-15-10-8-9-11-15/h5-13,16,18-19H,3-4,14H2,1-2H3/q-1. The van der Waals surface area contributed by atoms with Gasteiger partial charge in [0.1, 0.15) is 0 Å². The number of benzene rings is 1. The van der Waals surface area contributed by atoms with Crippen LogP contribution in [0.1, 0.15) is 43.9 Å². The molecule has 1 nitrogen and oxygen atoms in total. The number of nitrogens with one attached hydrogen (secondary N) is 1. The summed E-state index contributed by atoms with van der Waals surface area (Å²) in [4.78, 5) is 0. The summed E-state index contributed by atoms with van der Waals surface area (Å²) < 4.78 is 0. The maximum atomic E-state index is 3.74. The molecule has 2 aromatic rings. The highest BCUT2D eigenvalue weighted by Crippen LogP contribution is 2.27. The SMILES string of the molecule is CCC(CC)C(NC[c-]1cccc1)c1ccccc1. The molecule has 102 valence electrons. The van der Waals surface area contributed by atoms with Gasteiger partial charge in [-0.2, -0.15) is 12.1 Å². The molecule has 0 radical (unpaired) electrons. The predicted molar refractivity (Wildman–Crippen MR) is 82.1 cm³/mol. The van der Waals surface area contributed by atoms with Crippen LogP contribution in [-0.4, -0.2) is 0 Å². The summed E-state index contributed by atoms with van der Waals surface area (Å²) in [6.07, 6.45) is 2.42. The van der Waals surface area contributed by atoms with Crippen molar-refractivity contribution in [2.45, 2.75) is 39.3 Å². The van der Waals surface area contributed by atoms with Crippen LogP contribution in [0.2, 0.25) is 0 Å². The van der Waals surface area contributed by atoms with Crippen molar-refractivity contribution in [1.82, 2.24) is 5.32 Å². The molecule has 19 heavy (non-hydrogen) atoms. The second kappa shape index (κ2) is 7.20. The van der Waals surface area contributed by atoms with Gasteiger partial charge >= 0.3 is 0 Å². The number of hydrogen-bond acceptors (Lipinski definition) is 1. The quantitative estimate of drug-likeness (QED) is 0.708. The van der Waals surface area contributed by atoms with Crippen molar-refractivity contribution in [3.05, 3.63) is 65.7 Å². The Kier molecular flexibility index (Phi) is 5.29. The second-order valence-electron chi connectivity index (χ2n) is 5.14. The van der Waals surface area contributed by atoms with Crippen molar-refractivity contribution < 1.29 is 0 Å². The van der Waals surface area contributed by atoms with E-state index >= 15 is 0 Å². The van der Waals surface area contributed by atoms with Crippen LogP contribution in [0.5, 0.6) is 0 Å². The molecule has 1 N–H and O–H groups in total. The van der Waals surface area contributed by atoms with Crippen molar-refractivity contribution in [2.24, 2.45) is 5.92 Å². The van der Waals surface area contributed by atoms with Gasteiger partial charge in [0.25, 0.3) is 0 Å². The molecule has 0 aliphatic rings. The first-order valence-electron chi connectivity index (χ1n) is 7.34. The van der Waals surface area contributed by atoms with E-state index in [-0.39, 0.29) is 0 Å². The second-order valence-corrected chi connectivity index (χ2v) is 5.14. The Labute approximate surface area is 117 Å². The summed E-state index contributed by atoms with van der Waals surface area (Å²) in [5.74, 6) is 0.692. The van der Waals surface area contributed by atoms with Gasteiger partial charge in [-0.3, -0.25) is 0 Å². The van der Waals surface area contributed by atoms with Gasteiger partial charge in [-0.05, 0) is 18.0 Å². The fraction of sp³-hybridized carbons (Fsp3) is 0.389. The maximum Gasteiger partial charge on any atom is 0.0342 e. The predicted octanol–water partition coefficient (Wildman–Crippen LogP) is 4.67. The summed E-state index contributed by atoms with van der Waals surface area (Å²) in [6.45, 7) is 5.52. The van der Waals surface area contributed by atoms with E-state index in [1.165, 1.54) is 24.0 Å². The van der Waals surface area contributed by atoms with Crippen molar-refractivity contribution >= 4 is 0 Å². The smallest absolute Gasteiger partial charge is 0.0342 e. The molecule has 0 saturated carbocycles. The van der Waals surface area contributed by atoms with Crippen LogP contribution in [0.3, 0.4) is 0 Å². The molecule has 0 saturated heterocycles. The van der Waals surface area contributed by atoms with E-state index in [0.29, 0.717) is 12.0 Å². The highest BCUT2D eigenvalue weighted by atomic mass is 14.9. The van der Waals surface area contributed by atoms with E-state index in [1.807, 2.05) is 0 Å². The molecule has 0 spiro atoms. The average Bonchev–Trinajstić information content (AvgIpc) is 2.97. The average molecular weight is 254 g/mol. The highest BCUT2D eigenvalue weighted by molar-refractivity contribution is 5.21. The Morgan fingerprint density at radius 1 is 0.947 bits per heavy atom. The Morgan fingerprint density at radius 3 is 2.16 bits per heavy atom. The number of hydrogen-bond donors (Lipinski definition) is 1. The first kappa shape index (κ1) is 14.0. The Bertz CT molecular complexity index is 440. The van der Waals surface area contributed by atoms with Gasteiger partial charge in [-0.25, -0.2) is 12.1 Å². The molecule has 0 aromatic heterocycles. The molecule has 2 rings (SSSR count). The van der Waals surface area contributed by atoms with Crippen LogP contribution in [0.15, 0.2) is 54.6 Å². The summed E-state index contributed by atoms with van der Waals surface area (Å²) in [5.41, 5.74) is 2.77. The fourth-order valence-electron chi connectivity index (χ4n) is 2.74. The number of rotatable bonds is 7. The largest absolute Gasteiger partial charge is 0.317 e. The summed E-state index contributed by atoms with van der Waals surface area (Å²) >= 11 is 0. The monoisotopic (exact) mass is 254 g/mol. The van der Waals surface area contributed by atoms with Gasteiger partial charge in [-0.1, -0.05) is 57.0 Å². The molecule has 1 atom stereocenters. The van der Waals surface area contributed by atoms with Crippen LogP contribution in [0, 0.1) is 5.92 Å². The van der Waals surface area contributed by atoms with E-state index in [4.69, 9.17) is 0 Å². The van der Waals surface area contributed by atoms with E-state index < -0.39 is 0 Å². The molecule has 0 bridgehead atoms. The van der Waals surface area contributed by atoms with Crippen molar-refractivity contribution in [3.8, 4) is 0 Å². The first-order valence-corrected chi connectivity index (χ1v) is 7.34. The molecule has 0 fully saturated rings.